The summed E-state index contributed by atoms with van der Waals surface area (Å²) in [5, 5.41) is 18.5. The van der Waals surface area contributed by atoms with Gasteiger partial charge < -0.3 is 19.2 Å². The van der Waals surface area contributed by atoms with Crippen LogP contribution in [0.25, 0.3) is 22.2 Å². The van der Waals surface area contributed by atoms with Gasteiger partial charge in [0, 0.05) is 30.4 Å². The molecule has 0 aliphatic carbocycles. The minimum absolute atomic E-state index is 0.00904. The van der Waals surface area contributed by atoms with E-state index in [0.29, 0.717) is 11.6 Å². The Kier molecular flexibility index (Phi) is 6.97. The zero-order valence-electron chi connectivity index (χ0n) is 19.6. The molecule has 0 atom stereocenters. The summed E-state index contributed by atoms with van der Waals surface area (Å²) >= 11 is 6.36. The van der Waals surface area contributed by atoms with Crippen molar-refractivity contribution in [3.8, 4) is 22.9 Å². The number of carboxylic acids is 1. The van der Waals surface area contributed by atoms with Crippen molar-refractivity contribution in [1.29, 1.82) is 5.26 Å². The fourth-order valence-electron chi connectivity index (χ4n) is 3.75. The van der Waals surface area contributed by atoms with Gasteiger partial charge in [-0.3, -0.25) is 14.6 Å². The number of oxazole rings is 1. The molecule has 0 radical (unpaired) electrons. The van der Waals surface area contributed by atoms with E-state index < -0.39 is 30.2 Å². The summed E-state index contributed by atoms with van der Waals surface area (Å²) in [7, 11) is 2.74. The lowest BCUT2D eigenvalue weighted by molar-refractivity contribution is -0.141. The molecular formula is C25H16ClF3N4O5. The molecule has 2 heterocycles. The number of halogens is 4. The van der Waals surface area contributed by atoms with Gasteiger partial charge in [0.05, 0.1) is 35.0 Å². The normalized spacial score (nSPS) is 11.3. The second kappa shape index (κ2) is 10.0. The summed E-state index contributed by atoms with van der Waals surface area (Å²) in [6, 6.07) is 9.66. The van der Waals surface area contributed by atoms with E-state index in [9.17, 15) is 28.0 Å². The van der Waals surface area contributed by atoms with Crippen LogP contribution in [-0.2, 0) is 17.4 Å². The third-order valence-electron chi connectivity index (χ3n) is 5.53. The van der Waals surface area contributed by atoms with Crippen molar-refractivity contribution in [1.82, 2.24) is 9.97 Å². The van der Waals surface area contributed by atoms with Crippen LogP contribution in [0.3, 0.4) is 0 Å². The van der Waals surface area contributed by atoms with Crippen molar-refractivity contribution in [2.24, 2.45) is 0 Å². The van der Waals surface area contributed by atoms with Crippen LogP contribution in [-0.4, -0.2) is 41.1 Å². The van der Waals surface area contributed by atoms with Crippen LogP contribution in [0.15, 0.2) is 47.0 Å². The maximum atomic E-state index is 13.6. The van der Waals surface area contributed by atoms with E-state index in [1.807, 2.05) is 0 Å². The molecule has 0 spiro atoms. The first-order valence-corrected chi connectivity index (χ1v) is 11.1. The van der Waals surface area contributed by atoms with Gasteiger partial charge in [-0.05, 0) is 24.3 Å². The molecule has 38 heavy (non-hydrogen) atoms. The predicted octanol–water partition coefficient (Wildman–Crippen LogP) is 5.35. The topological polar surface area (TPSA) is 130 Å². The fraction of sp³-hybridized carbons (Fsp3) is 0.160. The van der Waals surface area contributed by atoms with Crippen LogP contribution in [0.4, 0.5) is 18.9 Å². The summed E-state index contributed by atoms with van der Waals surface area (Å²) in [6.07, 6.45) is -4.35. The molecule has 1 amide bonds. The number of amides is 1. The van der Waals surface area contributed by atoms with Crippen molar-refractivity contribution < 1.29 is 37.0 Å². The SMILES string of the molecule is COc1cc(Cl)c(-c2cnc(C(F)(F)F)cc2C#N)cc1C(=O)N(C)c1cccc2nc(CC(=O)O)oc12. The van der Waals surface area contributed by atoms with E-state index in [-0.39, 0.29) is 50.2 Å². The molecule has 2 aromatic heterocycles. The first kappa shape index (κ1) is 26.4. The standard InChI is InChI=1S/C25H16ClF3N4O5/c1-33(18-5-3-4-17-23(18)38-21(32-17)9-22(34)35)24(36)14-7-13(16(26)8-19(14)37-2)15-11-31-20(25(27,28)29)6-12(15)10-30/h3-8,11H,9H2,1-2H3,(H,34,35). The number of nitrogens with zero attached hydrogens (tertiary/aromatic N) is 4. The molecule has 9 nitrogen and oxygen atoms in total. The number of carbonyl (C=O) groups is 2. The van der Waals surface area contributed by atoms with Crippen molar-refractivity contribution >= 4 is 40.3 Å². The Morgan fingerprint density at radius 2 is 1.97 bits per heavy atom. The smallest absolute Gasteiger partial charge is 0.433 e. The van der Waals surface area contributed by atoms with E-state index in [4.69, 9.17) is 25.9 Å². The highest BCUT2D eigenvalue weighted by Crippen LogP contribution is 2.38. The van der Waals surface area contributed by atoms with Gasteiger partial charge in [0.15, 0.2) is 5.58 Å². The molecule has 0 aliphatic rings. The third-order valence-corrected chi connectivity index (χ3v) is 5.84. The van der Waals surface area contributed by atoms with Crippen LogP contribution in [0.5, 0.6) is 5.75 Å². The highest BCUT2D eigenvalue weighted by Gasteiger charge is 2.33. The summed E-state index contributed by atoms with van der Waals surface area (Å²) in [6.45, 7) is 0. The highest BCUT2D eigenvalue weighted by atomic mass is 35.5. The largest absolute Gasteiger partial charge is 0.496 e. The lowest BCUT2D eigenvalue weighted by Crippen LogP contribution is -2.27. The average Bonchev–Trinajstić information content (AvgIpc) is 3.28. The number of nitriles is 1. The molecule has 0 saturated carbocycles. The van der Waals surface area contributed by atoms with E-state index in [1.165, 1.54) is 31.2 Å². The Hall–Kier alpha value is -4.63. The molecule has 4 rings (SSSR count). The van der Waals surface area contributed by atoms with Gasteiger partial charge in [-0.2, -0.15) is 18.4 Å². The quantitative estimate of drug-likeness (QED) is 0.344. The van der Waals surface area contributed by atoms with Crippen LogP contribution in [0.2, 0.25) is 5.02 Å². The molecule has 0 aliphatic heterocycles. The predicted molar refractivity (Wildman–Crippen MR) is 129 cm³/mol. The van der Waals surface area contributed by atoms with Gasteiger partial charge in [0.1, 0.15) is 23.4 Å². The number of carboxylic acid groups (broad SMARTS) is 1. The molecule has 194 valence electrons. The summed E-state index contributed by atoms with van der Waals surface area (Å²) in [5.41, 5.74) is -0.777. The number of fused-ring (bicyclic) bond motifs is 1. The number of hydrogen-bond donors (Lipinski definition) is 1. The van der Waals surface area contributed by atoms with E-state index in [2.05, 4.69) is 9.97 Å². The number of methoxy groups -OCH3 is 1. The maximum Gasteiger partial charge on any atom is 0.433 e. The number of carbonyl (C=O) groups excluding carboxylic acids is 1. The Labute approximate surface area is 217 Å². The van der Waals surface area contributed by atoms with E-state index >= 15 is 0 Å². The number of alkyl halides is 3. The first-order valence-electron chi connectivity index (χ1n) is 10.7. The second-order valence-corrected chi connectivity index (χ2v) is 8.33. The highest BCUT2D eigenvalue weighted by molar-refractivity contribution is 6.34. The zero-order chi connectivity index (χ0) is 27.8. The van der Waals surface area contributed by atoms with Gasteiger partial charge in [-0.15, -0.1) is 0 Å². The molecule has 0 fully saturated rings. The number of aliphatic carboxylic acids is 1. The van der Waals surface area contributed by atoms with Gasteiger partial charge in [-0.25, -0.2) is 4.98 Å². The minimum atomic E-state index is -4.76. The van der Waals surface area contributed by atoms with Crippen LogP contribution < -0.4 is 9.64 Å². The zero-order valence-corrected chi connectivity index (χ0v) is 20.4. The number of pyridine rings is 1. The van der Waals surface area contributed by atoms with Crippen molar-refractivity contribution in [2.75, 3.05) is 19.1 Å². The number of benzene rings is 2. The Bertz CT molecular complexity index is 1630. The lowest BCUT2D eigenvalue weighted by atomic mass is 9.98. The van der Waals surface area contributed by atoms with Gasteiger partial charge in [0.25, 0.3) is 5.91 Å². The number of hydrogen-bond acceptors (Lipinski definition) is 7. The van der Waals surface area contributed by atoms with Crippen molar-refractivity contribution in [2.45, 2.75) is 12.6 Å². The molecule has 2 aromatic carbocycles. The lowest BCUT2D eigenvalue weighted by Gasteiger charge is -2.20. The monoisotopic (exact) mass is 544 g/mol. The van der Waals surface area contributed by atoms with Crippen LogP contribution in [0.1, 0.15) is 27.5 Å². The maximum absolute atomic E-state index is 13.6. The molecule has 13 heteroatoms. The van der Waals surface area contributed by atoms with E-state index in [1.54, 1.807) is 24.3 Å². The average molecular weight is 545 g/mol. The summed E-state index contributed by atoms with van der Waals surface area (Å²) in [4.78, 5) is 33.4. The van der Waals surface area contributed by atoms with Crippen molar-refractivity contribution in [3.05, 3.63) is 70.3 Å². The number of aromatic nitrogens is 2. The van der Waals surface area contributed by atoms with Gasteiger partial charge in [0.2, 0.25) is 5.89 Å². The van der Waals surface area contributed by atoms with Crippen molar-refractivity contribution in [3.63, 3.8) is 0 Å². The van der Waals surface area contributed by atoms with Crippen LogP contribution in [0, 0.1) is 11.3 Å². The molecule has 0 saturated heterocycles. The number of anilines is 1. The van der Waals surface area contributed by atoms with Gasteiger partial charge >= 0.3 is 12.1 Å². The minimum Gasteiger partial charge on any atom is -0.496 e. The fourth-order valence-corrected chi connectivity index (χ4v) is 4.01. The molecule has 0 unspecified atom stereocenters. The molecule has 1 N–H and O–H groups in total. The Morgan fingerprint density at radius 3 is 2.61 bits per heavy atom. The summed E-state index contributed by atoms with van der Waals surface area (Å²) in [5.74, 6) is -1.76. The third kappa shape index (κ3) is 4.96. The summed E-state index contributed by atoms with van der Waals surface area (Å²) < 4.78 is 50.2. The number of para-hydroxylation sites is 1. The molecule has 4 aromatic rings. The molecule has 0 bridgehead atoms. The second-order valence-electron chi connectivity index (χ2n) is 7.92. The molecular weight excluding hydrogens is 529 g/mol. The van der Waals surface area contributed by atoms with Gasteiger partial charge in [-0.1, -0.05) is 17.7 Å². The van der Waals surface area contributed by atoms with E-state index in [0.717, 1.165) is 6.20 Å². The Balaban J connectivity index is 1.81. The van der Waals surface area contributed by atoms with Crippen LogP contribution >= 0.6 is 11.6 Å². The number of rotatable bonds is 6. The number of ether oxygens (including phenoxy) is 1. The Morgan fingerprint density at radius 1 is 1.24 bits per heavy atom. The first-order chi connectivity index (χ1) is 17.9.